The van der Waals surface area contributed by atoms with Crippen molar-refractivity contribution in [1.29, 1.82) is 0 Å². The maximum Gasteiger partial charge on any atom is 0.0626 e. The third kappa shape index (κ3) is 2.55. The summed E-state index contributed by atoms with van der Waals surface area (Å²) in [4.78, 5) is 0. The molecule has 0 saturated heterocycles. The van der Waals surface area contributed by atoms with Gasteiger partial charge in [0.15, 0.2) is 0 Å². The first-order valence-electron chi connectivity index (χ1n) is 13.3. The number of hydrogen-bond donors (Lipinski definition) is 0. The van der Waals surface area contributed by atoms with E-state index in [-0.39, 0.29) is 0 Å². The third-order valence-corrected chi connectivity index (χ3v) is 8.57. The van der Waals surface area contributed by atoms with Crippen LogP contribution in [0.4, 0.5) is 0 Å². The molecule has 0 atom stereocenters. The number of hydrogen-bond acceptors (Lipinski definition) is 0. The minimum Gasteiger partial charge on any atom is -0.309 e. The zero-order valence-corrected chi connectivity index (χ0v) is 20.8. The van der Waals surface area contributed by atoms with Gasteiger partial charge in [-0.15, -0.1) is 0 Å². The van der Waals surface area contributed by atoms with Crippen LogP contribution in [-0.2, 0) is 6.42 Å². The van der Waals surface area contributed by atoms with Gasteiger partial charge in [0.25, 0.3) is 0 Å². The molecule has 38 heavy (non-hydrogen) atoms. The fourth-order valence-corrected chi connectivity index (χ4v) is 6.96. The Bertz CT molecular complexity index is 2260. The summed E-state index contributed by atoms with van der Waals surface area (Å²) in [5, 5.41) is 10.5. The molecule has 1 aliphatic rings. The van der Waals surface area contributed by atoms with Crippen molar-refractivity contribution in [3.8, 4) is 16.8 Å². The normalized spacial score (nSPS) is 12.6. The van der Waals surface area contributed by atoms with Gasteiger partial charge < -0.3 is 4.57 Å². The summed E-state index contributed by atoms with van der Waals surface area (Å²) >= 11 is 0. The van der Waals surface area contributed by atoms with Gasteiger partial charge in [-0.2, -0.15) is 0 Å². The number of benzene rings is 7. The second-order valence-corrected chi connectivity index (χ2v) is 10.5. The molecule has 8 aromatic rings. The molecule has 0 unspecified atom stereocenters. The molecule has 0 spiro atoms. The van der Waals surface area contributed by atoms with Crippen molar-refractivity contribution in [2.45, 2.75) is 6.42 Å². The quantitative estimate of drug-likeness (QED) is 0.206. The Hall–Kier alpha value is -4.88. The third-order valence-electron chi connectivity index (χ3n) is 8.57. The molecule has 0 fully saturated rings. The van der Waals surface area contributed by atoms with Gasteiger partial charge in [-0.25, -0.2) is 0 Å². The highest BCUT2D eigenvalue weighted by Gasteiger charge is 2.23. The lowest BCUT2D eigenvalue weighted by molar-refractivity contribution is 1.18. The molecule has 1 nitrogen and oxygen atoms in total. The van der Waals surface area contributed by atoms with Gasteiger partial charge in [0.05, 0.1) is 11.0 Å². The monoisotopic (exact) mass is 481 g/mol. The molecular weight excluding hydrogens is 458 g/mol. The topological polar surface area (TPSA) is 4.93 Å². The van der Waals surface area contributed by atoms with Gasteiger partial charge in [0.1, 0.15) is 0 Å². The largest absolute Gasteiger partial charge is 0.309 e. The fraction of sp³-hybridized carbons (Fsp3) is 0.0270. The zero-order valence-electron chi connectivity index (χ0n) is 20.8. The Balaban J connectivity index is 1.54. The summed E-state index contributed by atoms with van der Waals surface area (Å²) in [7, 11) is 0. The summed E-state index contributed by atoms with van der Waals surface area (Å²) in [6.45, 7) is 0. The number of fused-ring (bicyclic) bond motifs is 13. The Kier molecular flexibility index (Phi) is 3.90. The molecule has 0 aliphatic heterocycles. The second kappa shape index (κ2) is 7.34. The van der Waals surface area contributed by atoms with E-state index in [9.17, 15) is 0 Å². The predicted molar refractivity (Wildman–Crippen MR) is 162 cm³/mol. The summed E-state index contributed by atoms with van der Waals surface area (Å²) in [6.07, 6.45) is 1.01. The van der Waals surface area contributed by atoms with Crippen molar-refractivity contribution in [3.63, 3.8) is 0 Å². The van der Waals surface area contributed by atoms with E-state index in [1.165, 1.54) is 82.1 Å². The van der Waals surface area contributed by atoms with Gasteiger partial charge in [0.2, 0.25) is 0 Å². The van der Waals surface area contributed by atoms with E-state index in [1.54, 1.807) is 0 Å². The van der Waals surface area contributed by atoms with Crippen LogP contribution in [0, 0.1) is 0 Å². The summed E-state index contributed by atoms with van der Waals surface area (Å²) < 4.78 is 2.52. The van der Waals surface area contributed by atoms with E-state index >= 15 is 0 Å². The fourth-order valence-electron chi connectivity index (χ4n) is 6.96. The molecule has 0 radical (unpaired) electrons. The molecule has 176 valence electrons. The second-order valence-electron chi connectivity index (χ2n) is 10.5. The maximum atomic E-state index is 2.52. The first kappa shape index (κ1) is 20.2. The maximum absolute atomic E-state index is 2.52. The summed E-state index contributed by atoms with van der Waals surface area (Å²) in [5.41, 5.74) is 9.32. The lowest BCUT2D eigenvalue weighted by Crippen LogP contribution is -1.96. The van der Waals surface area contributed by atoms with Crippen LogP contribution in [0.15, 0.2) is 127 Å². The van der Waals surface area contributed by atoms with Crippen LogP contribution >= 0.6 is 0 Å². The molecule has 7 aromatic carbocycles. The lowest BCUT2D eigenvalue weighted by Gasteiger charge is -2.13. The highest BCUT2D eigenvalue weighted by Crippen LogP contribution is 2.45. The van der Waals surface area contributed by atoms with Crippen molar-refractivity contribution in [3.05, 3.63) is 139 Å². The molecule has 1 heteroatoms. The highest BCUT2D eigenvalue weighted by molar-refractivity contribution is 6.35. The minimum absolute atomic E-state index is 1.01. The standard InChI is InChI=1S/C37H23N/c1-4-12-28-23(9-1)18-20-34-35(28)36-31-15-7-5-13-29(31)30-14-6-8-16-32(30)37(36)38(34)26-19-17-25-21-24-10-2-3-11-27(24)33(25)22-26/h1-20,22H,21H2. The number of rotatable bonds is 1. The van der Waals surface area contributed by atoms with Crippen LogP contribution in [0.25, 0.3) is 70.9 Å². The highest BCUT2D eigenvalue weighted by atomic mass is 15.0. The molecule has 0 bridgehead atoms. The van der Waals surface area contributed by atoms with Crippen molar-refractivity contribution >= 4 is 54.1 Å². The van der Waals surface area contributed by atoms with Gasteiger partial charge in [-0.1, -0.05) is 109 Å². The van der Waals surface area contributed by atoms with Crippen LogP contribution < -0.4 is 0 Å². The van der Waals surface area contributed by atoms with E-state index < -0.39 is 0 Å². The molecular formula is C37H23N. The Labute approximate surface area is 220 Å². The van der Waals surface area contributed by atoms with Gasteiger partial charge >= 0.3 is 0 Å². The smallest absolute Gasteiger partial charge is 0.0626 e. The van der Waals surface area contributed by atoms with E-state index in [1.807, 2.05) is 0 Å². The van der Waals surface area contributed by atoms with E-state index in [0.29, 0.717) is 0 Å². The first-order chi connectivity index (χ1) is 18.9. The summed E-state index contributed by atoms with van der Waals surface area (Å²) in [5.74, 6) is 0. The SMILES string of the molecule is c1ccc2c(c1)Cc1ccc(-n3c4ccc5ccccc5c4c4c5ccccc5c5ccccc5c43)cc1-2. The van der Waals surface area contributed by atoms with Crippen molar-refractivity contribution < 1.29 is 0 Å². The molecule has 0 saturated carbocycles. The van der Waals surface area contributed by atoms with Crippen molar-refractivity contribution in [1.82, 2.24) is 4.57 Å². The van der Waals surface area contributed by atoms with Crippen LogP contribution in [0.2, 0.25) is 0 Å². The lowest BCUT2D eigenvalue weighted by atomic mass is 9.95. The zero-order chi connectivity index (χ0) is 24.8. The van der Waals surface area contributed by atoms with Crippen LogP contribution in [0.5, 0.6) is 0 Å². The van der Waals surface area contributed by atoms with Crippen LogP contribution in [0.1, 0.15) is 11.1 Å². The van der Waals surface area contributed by atoms with E-state index in [2.05, 4.69) is 132 Å². The molecule has 1 aromatic heterocycles. The average molecular weight is 482 g/mol. The van der Waals surface area contributed by atoms with Gasteiger partial charge in [0, 0.05) is 21.8 Å². The van der Waals surface area contributed by atoms with Crippen LogP contribution in [0.3, 0.4) is 0 Å². The molecule has 0 amide bonds. The predicted octanol–water partition coefficient (Wildman–Crippen LogP) is 9.81. The Morgan fingerprint density at radius 3 is 1.97 bits per heavy atom. The molecule has 9 rings (SSSR count). The van der Waals surface area contributed by atoms with Gasteiger partial charge in [-0.05, 0) is 73.8 Å². The minimum atomic E-state index is 1.01. The molecule has 0 N–H and O–H groups in total. The molecule has 1 heterocycles. The van der Waals surface area contributed by atoms with Crippen LogP contribution in [-0.4, -0.2) is 4.57 Å². The number of aromatic nitrogens is 1. The Morgan fingerprint density at radius 2 is 1.11 bits per heavy atom. The molecule has 1 aliphatic carbocycles. The van der Waals surface area contributed by atoms with E-state index in [0.717, 1.165) is 6.42 Å². The summed E-state index contributed by atoms with van der Waals surface area (Å²) in [6, 6.07) is 47.2. The Morgan fingerprint density at radius 1 is 0.447 bits per heavy atom. The number of nitrogens with zero attached hydrogens (tertiary/aromatic N) is 1. The van der Waals surface area contributed by atoms with Crippen molar-refractivity contribution in [2.24, 2.45) is 0 Å². The van der Waals surface area contributed by atoms with Crippen molar-refractivity contribution in [2.75, 3.05) is 0 Å². The first-order valence-corrected chi connectivity index (χ1v) is 13.3. The van der Waals surface area contributed by atoms with Gasteiger partial charge in [-0.3, -0.25) is 0 Å². The van der Waals surface area contributed by atoms with E-state index in [4.69, 9.17) is 0 Å². The average Bonchev–Trinajstić information content (AvgIpc) is 3.53.